The Morgan fingerprint density at radius 1 is 1.16 bits per heavy atom. The number of carbonyl (C=O) groups excluding carboxylic acids is 2. The molecular formula is C25H30ClN3O2. The van der Waals surface area contributed by atoms with Crippen molar-refractivity contribution in [1.82, 2.24) is 9.80 Å². The fourth-order valence-corrected chi connectivity index (χ4v) is 5.33. The van der Waals surface area contributed by atoms with E-state index in [4.69, 9.17) is 11.6 Å². The van der Waals surface area contributed by atoms with Crippen LogP contribution in [0.15, 0.2) is 36.4 Å². The van der Waals surface area contributed by atoms with E-state index in [1.807, 2.05) is 30.3 Å². The van der Waals surface area contributed by atoms with Gasteiger partial charge in [-0.2, -0.15) is 0 Å². The third-order valence-corrected chi connectivity index (χ3v) is 7.16. The summed E-state index contributed by atoms with van der Waals surface area (Å²) in [5, 5.41) is 3.70. The molecule has 1 saturated heterocycles. The molecule has 0 aromatic heterocycles. The highest BCUT2D eigenvalue weighted by Gasteiger charge is 2.56. The molecule has 4 rings (SSSR count). The molecule has 2 atom stereocenters. The first-order valence-electron chi connectivity index (χ1n) is 10.9. The number of piperidine rings is 1. The number of nitrogens with zero attached hydrogens (tertiary/aromatic N) is 2. The lowest BCUT2D eigenvalue weighted by molar-refractivity contribution is -0.135. The van der Waals surface area contributed by atoms with Crippen LogP contribution >= 0.6 is 11.6 Å². The number of aryl methyl sites for hydroxylation is 2. The van der Waals surface area contributed by atoms with Crippen molar-refractivity contribution in [2.45, 2.75) is 51.1 Å². The van der Waals surface area contributed by atoms with Crippen molar-refractivity contribution in [3.05, 3.63) is 63.7 Å². The van der Waals surface area contributed by atoms with Crippen LogP contribution < -0.4 is 5.32 Å². The molecule has 0 aliphatic carbocycles. The molecule has 0 spiro atoms. The predicted molar refractivity (Wildman–Crippen MR) is 124 cm³/mol. The molecule has 2 unspecified atom stereocenters. The van der Waals surface area contributed by atoms with E-state index in [9.17, 15) is 9.59 Å². The summed E-state index contributed by atoms with van der Waals surface area (Å²) in [5.41, 5.74) is 3.75. The lowest BCUT2D eigenvalue weighted by Gasteiger charge is -2.47. The monoisotopic (exact) mass is 439 g/mol. The smallest absolute Gasteiger partial charge is 0.254 e. The molecule has 0 radical (unpaired) electrons. The zero-order valence-electron chi connectivity index (χ0n) is 18.7. The standard InChI is InChI=1S/C25H30ClN3O2/c1-16-13-20-22(14-17(16)2)27-24(31)25(20,19-10-5-6-11-21(19)26)29-12-8-7-9-18(29)15-23(30)28(3)4/h5-6,10-11,13-14,18H,7-9,12,15H2,1-4H3,(H,27,31). The van der Waals surface area contributed by atoms with Gasteiger partial charge in [0.15, 0.2) is 5.54 Å². The van der Waals surface area contributed by atoms with Gasteiger partial charge in [0, 0.05) is 54.9 Å². The number of halogens is 1. The van der Waals surface area contributed by atoms with E-state index in [0.29, 0.717) is 11.4 Å². The van der Waals surface area contributed by atoms with Crippen LogP contribution in [-0.2, 0) is 15.1 Å². The van der Waals surface area contributed by atoms with Crippen LogP contribution in [0, 0.1) is 13.8 Å². The van der Waals surface area contributed by atoms with Crippen LogP contribution in [-0.4, -0.2) is 48.3 Å². The first-order valence-corrected chi connectivity index (χ1v) is 11.3. The topological polar surface area (TPSA) is 52.7 Å². The van der Waals surface area contributed by atoms with E-state index < -0.39 is 5.54 Å². The second kappa shape index (κ2) is 8.29. The van der Waals surface area contributed by atoms with E-state index in [1.165, 1.54) is 0 Å². The number of carbonyl (C=O) groups is 2. The highest BCUT2D eigenvalue weighted by Crippen LogP contribution is 2.50. The number of amides is 2. The Bertz CT molecular complexity index is 1040. The predicted octanol–water partition coefficient (Wildman–Crippen LogP) is 4.49. The van der Waals surface area contributed by atoms with Crippen LogP contribution in [0.2, 0.25) is 5.02 Å². The van der Waals surface area contributed by atoms with Crippen molar-refractivity contribution in [1.29, 1.82) is 0 Å². The van der Waals surface area contributed by atoms with Crippen LogP contribution in [0.25, 0.3) is 0 Å². The SMILES string of the molecule is Cc1cc2c(cc1C)C(c1ccccc1Cl)(N1CCCCC1CC(=O)N(C)C)C(=O)N2. The molecule has 2 aromatic carbocycles. The summed E-state index contributed by atoms with van der Waals surface area (Å²) >= 11 is 6.74. The Hall–Kier alpha value is -2.37. The van der Waals surface area contributed by atoms with Gasteiger partial charge in [-0.1, -0.05) is 42.3 Å². The van der Waals surface area contributed by atoms with Crippen molar-refractivity contribution in [2.24, 2.45) is 0 Å². The number of anilines is 1. The van der Waals surface area contributed by atoms with Crippen molar-refractivity contribution >= 4 is 29.1 Å². The number of benzene rings is 2. The average Bonchev–Trinajstić information content (AvgIpc) is 3.00. The zero-order chi connectivity index (χ0) is 22.3. The molecule has 2 aromatic rings. The minimum absolute atomic E-state index is 0.0433. The van der Waals surface area contributed by atoms with Gasteiger partial charge in [-0.3, -0.25) is 14.5 Å². The summed E-state index contributed by atoms with van der Waals surface area (Å²) in [5.74, 6) is -0.0188. The fraction of sp³-hybridized carbons (Fsp3) is 0.440. The molecule has 0 bridgehead atoms. The van der Waals surface area contributed by atoms with Gasteiger partial charge in [-0.15, -0.1) is 0 Å². The van der Waals surface area contributed by atoms with Gasteiger partial charge in [0.25, 0.3) is 5.91 Å². The summed E-state index contributed by atoms with van der Waals surface area (Å²) < 4.78 is 0. The molecule has 1 N–H and O–H groups in total. The van der Waals surface area contributed by atoms with E-state index in [1.54, 1.807) is 19.0 Å². The van der Waals surface area contributed by atoms with E-state index in [2.05, 4.69) is 30.1 Å². The van der Waals surface area contributed by atoms with Crippen molar-refractivity contribution in [3.8, 4) is 0 Å². The number of hydrogen-bond donors (Lipinski definition) is 1. The Morgan fingerprint density at radius 2 is 1.87 bits per heavy atom. The number of nitrogens with one attached hydrogen (secondary N) is 1. The minimum atomic E-state index is -1.05. The zero-order valence-corrected chi connectivity index (χ0v) is 19.4. The summed E-state index contributed by atoms with van der Waals surface area (Å²) in [6, 6.07) is 11.7. The van der Waals surface area contributed by atoms with E-state index >= 15 is 0 Å². The largest absolute Gasteiger partial charge is 0.349 e. The molecule has 2 amide bonds. The average molecular weight is 440 g/mol. The van der Waals surface area contributed by atoms with E-state index in [-0.39, 0.29) is 17.9 Å². The minimum Gasteiger partial charge on any atom is -0.349 e. The van der Waals surface area contributed by atoms with E-state index in [0.717, 1.165) is 53.7 Å². The van der Waals surface area contributed by atoms with Gasteiger partial charge in [0.2, 0.25) is 5.91 Å². The van der Waals surface area contributed by atoms with Gasteiger partial charge in [0.1, 0.15) is 0 Å². The highest BCUT2D eigenvalue weighted by molar-refractivity contribution is 6.32. The van der Waals surface area contributed by atoms with Gasteiger partial charge in [-0.05, 0) is 49.9 Å². The summed E-state index contributed by atoms with van der Waals surface area (Å²) in [6.45, 7) is 4.85. The third kappa shape index (κ3) is 3.54. The Balaban J connectivity index is 1.95. The summed E-state index contributed by atoms with van der Waals surface area (Å²) in [4.78, 5) is 30.4. The number of likely N-dealkylation sites (tertiary alicyclic amines) is 1. The van der Waals surface area contributed by atoms with Gasteiger partial charge >= 0.3 is 0 Å². The normalized spacial score (nSPS) is 23.4. The molecule has 31 heavy (non-hydrogen) atoms. The molecule has 2 aliphatic rings. The highest BCUT2D eigenvalue weighted by atomic mass is 35.5. The number of fused-ring (bicyclic) bond motifs is 1. The quantitative estimate of drug-likeness (QED) is 0.763. The van der Waals surface area contributed by atoms with Crippen LogP contribution in [0.1, 0.15) is 47.9 Å². The maximum Gasteiger partial charge on any atom is 0.254 e. The number of rotatable bonds is 4. The molecule has 5 nitrogen and oxygen atoms in total. The van der Waals surface area contributed by atoms with Gasteiger partial charge in [-0.25, -0.2) is 0 Å². The van der Waals surface area contributed by atoms with Crippen molar-refractivity contribution in [2.75, 3.05) is 26.0 Å². The Kier molecular flexibility index (Phi) is 5.84. The summed E-state index contributed by atoms with van der Waals surface area (Å²) in [7, 11) is 3.56. The van der Waals surface area contributed by atoms with Crippen LogP contribution in [0.4, 0.5) is 5.69 Å². The second-order valence-electron chi connectivity index (χ2n) is 8.96. The molecule has 164 valence electrons. The lowest BCUT2D eigenvalue weighted by atomic mass is 9.78. The van der Waals surface area contributed by atoms with Crippen molar-refractivity contribution in [3.63, 3.8) is 0 Å². The Labute approximate surface area is 189 Å². The van der Waals surface area contributed by atoms with Crippen LogP contribution in [0.5, 0.6) is 0 Å². The Morgan fingerprint density at radius 3 is 2.58 bits per heavy atom. The lowest BCUT2D eigenvalue weighted by Crippen LogP contribution is -2.58. The maximum absolute atomic E-state index is 13.9. The molecule has 2 aliphatic heterocycles. The molecule has 1 fully saturated rings. The fourth-order valence-electron chi connectivity index (χ4n) is 5.05. The molecule has 0 saturated carbocycles. The van der Waals surface area contributed by atoms with Gasteiger partial charge < -0.3 is 10.2 Å². The third-order valence-electron chi connectivity index (χ3n) is 6.83. The second-order valence-corrected chi connectivity index (χ2v) is 9.37. The first kappa shape index (κ1) is 21.8. The molecular weight excluding hydrogens is 410 g/mol. The van der Waals surface area contributed by atoms with Gasteiger partial charge in [0.05, 0.1) is 0 Å². The van der Waals surface area contributed by atoms with Crippen LogP contribution in [0.3, 0.4) is 0 Å². The number of hydrogen-bond acceptors (Lipinski definition) is 3. The first-order chi connectivity index (χ1) is 14.8. The summed E-state index contributed by atoms with van der Waals surface area (Å²) in [6.07, 6.45) is 3.28. The van der Waals surface area contributed by atoms with Crippen molar-refractivity contribution < 1.29 is 9.59 Å². The molecule has 6 heteroatoms. The maximum atomic E-state index is 13.9. The molecule has 2 heterocycles.